The van der Waals surface area contributed by atoms with Crippen molar-refractivity contribution in [3.63, 3.8) is 0 Å². The molecule has 3 heterocycles. The van der Waals surface area contributed by atoms with Gasteiger partial charge in [-0.05, 0) is 42.7 Å². The molecule has 10 heteroatoms. The molecule has 1 unspecified atom stereocenters. The van der Waals surface area contributed by atoms with E-state index in [1.165, 1.54) is 51.9 Å². The number of fused-ring (bicyclic) bond motifs is 1. The number of nitrogens with zero attached hydrogens (tertiary/aromatic N) is 1. The summed E-state index contributed by atoms with van der Waals surface area (Å²) in [6.45, 7) is 2.76. The largest absolute Gasteiger partial charge is 0.465 e. The highest BCUT2D eigenvalue weighted by atomic mass is 32.2. The van der Waals surface area contributed by atoms with Gasteiger partial charge in [0.25, 0.3) is 5.91 Å². The monoisotopic (exact) mass is 492 g/mol. The molecule has 0 aliphatic carbocycles. The van der Waals surface area contributed by atoms with Gasteiger partial charge in [-0.1, -0.05) is 12.8 Å². The number of quaternary nitrogens is 1. The summed E-state index contributed by atoms with van der Waals surface area (Å²) < 4.78 is 32.5. The van der Waals surface area contributed by atoms with Crippen LogP contribution in [-0.4, -0.2) is 58.4 Å². The number of methoxy groups -OCH3 is 1. The van der Waals surface area contributed by atoms with Crippen LogP contribution < -0.4 is 10.2 Å². The summed E-state index contributed by atoms with van der Waals surface area (Å²) >= 11 is 1.40. The fourth-order valence-electron chi connectivity index (χ4n) is 4.41. The van der Waals surface area contributed by atoms with Crippen molar-refractivity contribution >= 4 is 38.2 Å². The van der Waals surface area contributed by atoms with Crippen molar-refractivity contribution in [2.24, 2.45) is 0 Å². The van der Waals surface area contributed by atoms with Gasteiger partial charge in [0.15, 0.2) is 0 Å². The van der Waals surface area contributed by atoms with Crippen LogP contribution in [0.5, 0.6) is 0 Å². The second kappa shape index (κ2) is 9.92. The van der Waals surface area contributed by atoms with Gasteiger partial charge in [-0.25, -0.2) is 13.2 Å². The van der Waals surface area contributed by atoms with Gasteiger partial charge < -0.3 is 15.0 Å². The van der Waals surface area contributed by atoms with Crippen LogP contribution in [0.25, 0.3) is 0 Å². The van der Waals surface area contributed by atoms with Crippen LogP contribution >= 0.6 is 11.3 Å². The zero-order chi connectivity index (χ0) is 23.6. The Morgan fingerprint density at radius 2 is 1.76 bits per heavy atom. The summed E-state index contributed by atoms with van der Waals surface area (Å²) in [6.07, 6.45) is 4.57. The summed E-state index contributed by atoms with van der Waals surface area (Å²) in [5.41, 5.74) is 1.71. The Morgan fingerprint density at radius 1 is 1.09 bits per heavy atom. The van der Waals surface area contributed by atoms with Gasteiger partial charge in [-0.2, -0.15) is 4.31 Å². The van der Waals surface area contributed by atoms with E-state index >= 15 is 0 Å². The second-order valence-electron chi connectivity index (χ2n) is 8.63. The molecule has 1 aromatic heterocycles. The van der Waals surface area contributed by atoms with Crippen molar-refractivity contribution in [2.75, 3.05) is 39.1 Å². The molecule has 2 aromatic rings. The Bertz CT molecular complexity index is 1130. The molecule has 2 aliphatic heterocycles. The molecule has 178 valence electrons. The maximum Gasteiger partial charge on any atom is 0.341 e. The number of esters is 1. The van der Waals surface area contributed by atoms with Crippen LogP contribution in [0.15, 0.2) is 29.2 Å². The standard InChI is InChI=1S/C23H29N3O5S2/c1-25-14-11-18-19(15-25)32-22(20(18)23(28)31-2)24-21(27)16-7-9-17(10-8-16)33(29,30)26-12-5-3-4-6-13-26/h7-10H,3-6,11-15H2,1-2H3,(H,24,27)/p+1. The van der Waals surface area contributed by atoms with E-state index < -0.39 is 21.9 Å². The minimum atomic E-state index is -3.58. The molecule has 1 aromatic carbocycles. The maximum atomic E-state index is 13.0. The molecule has 1 atom stereocenters. The fourth-order valence-corrected chi connectivity index (χ4v) is 7.27. The summed E-state index contributed by atoms with van der Waals surface area (Å²) in [7, 11) is -0.143. The maximum absolute atomic E-state index is 13.0. The average Bonchev–Trinajstić information content (AvgIpc) is 2.97. The van der Waals surface area contributed by atoms with Crippen LogP contribution in [0.4, 0.5) is 5.00 Å². The van der Waals surface area contributed by atoms with Crippen molar-refractivity contribution in [1.29, 1.82) is 0 Å². The number of sulfonamides is 1. The number of rotatable bonds is 5. The van der Waals surface area contributed by atoms with E-state index in [1.54, 1.807) is 0 Å². The van der Waals surface area contributed by atoms with E-state index in [-0.39, 0.29) is 4.90 Å². The van der Waals surface area contributed by atoms with Crippen LogP contribution in [0.2, 0.25) is 0 Å². The lowest BCUT2D eigenvalue weighted by Crippen LogP contribution is -3.08. The van der Waals surface area contributed by atoms with Crippen molar-refractivity contribution in [3.8, 4) is 0 Å². The number of hydrogen-bond donors (Lipinski definition) is 2. The normalized spacial score (nSPS) is 19.4. The van der Waals surface area contributed by atoms with Crippen molar-refractivity contribution in [3.05, 3.63) is 45.8 Å². The van der Waals surface area contributed by atoms with Crippen molar-refractivity contribution in [1.82, 2.24) is 4.31 Å². The number of carbonyl (C=O) groups excluding carboxylic acids is 2. The highest BCUT2D eigenvalue weighted by Gasteiger charge is 2.30. The lowest BCUT2D eigenvalue weighted by Gasteiger charge is -2.20. The summed E-state index contributed by atoms with van der Waals surface area (Å²) in [5, 5.41) is 3.33. The zero-order valence-electron chi connectivity index (χ0n) is 19.0. The third kappa shape index (κ3) is 4.98. The highest BCUT2D eigenvalue weighted by Crippen LogP contribution is 2.35. The van der Waals surface area contributed by atoms with E-state index in [0.29, 0.717) is 29.2 Å². The van der Waals surface area contributed by atoms with Crippen molar-refractivity contribution < 1.29 is 27.6 Å². The molecule has 33 heavy (non-hydrogen) atoms. The number of nitrogens with one attached hydrogen (secondary N) is 2. The van der Waals surface area contributed by atoms with Crippen molar-refractivity contribution in [2.45, 2.75) is 43.5 Å². The first-order valence-electron chi connectivity index (χ1n) is 11.3. The summed E-state index contributed by atoms with van der Waals surface area (Å²) in [5.74, 6) is -0.848. The molecule has 8 nitrogen and oxygen atoms in total. The predicted octanol–water partition coefficient (Wildman–Crippen LogP) is 1.92. The zero-order valence-corrected chi connectivity index (χ0v) is 20.6. The van der Waals surface area contributed by atoms with E-state index in [0.717, 1.165) is 55.6 Å². The lowest BCUT2D eigenvalue weighted by atomic mass is 10.0. The number of carbonyl (C=O) groups is 2. The smallest absolute Gasteiger partial charge is 0.341 e. The Labute approximate surface area is 198 Å². The molecule has 1 fully saturated rings. The molecule has 0 spiro atoms. The molecule has 2 N–H and O–H groups in total. The Morgan fingerprint density at radius 3 is 2.39 bits per heavy atom. The SMILES string of the molecule is COC(=O)c1c(NC(=O)c2ccc(S(=O)(=O)N3CCCCCC3)cc2)sc2c1CC[NH+](C)C2. The molecular weight excluding hydrogens is 462 g/mol. The van der Waals surface area contributed by atoms with Crippen LogP contribution in [0.1, 0.15) is 56.8 Å². The minimum absolute atomic E-state index is 0.189. The Balaban J connectivity index is 1.54. The van der Waals surface area contributed by atoms with Gasteiger partial charge in [-0.3, -0.25) is 4.79 Å². The number of likely N-dealkylation sites (N-methyl/N-ethyl adjacent to an activating group) is 1. The highest BCUT2D eigenvalue weighted by molar-refractivity contribution is 7.89. The number of benzene rings is 1. The quantitative estimate of drug-likeness (QED) is 0.622. The molecule has 2 aliphatic rings. The Kier molecular flexibility index (Phi) is 7.18. The van der Waals surface area contributed by atoms with E-state index in [4.69, 9.17) is 4.74 Å². The van der Waals surface area contributed by atoms with E-state index in [1.807, 2.05) is 0 Å². The van der Waals surface area contributed by atoms with Gasteiger partial charge in [0.05, 0.1) is 36.0 Å². The van der Waals surface area contributed by atoms with Gasteiger partial charge >= 0.3 is 5.97 Å². The summed E-state index contributed by atoms with van der Waals surface area (Å²) in [4.78, 5) is 28.0. The third-order valence-electron chi connectivity index (χ3n) is 6.29. The van der Waals surface area contributed by atoms with Gasteiger partial charge in [0, 0.05) is 25.1 Å². The second-order valence-corrected chi connectivity index (χ2v) is 11.7. The van der Waals surface area contributed by atoms with Crippen LogP contribution in [0.3, 0.4) is 0 Å². The average molecular weight is 493 g/mol. The molecule has 0 bridgehead atoms. The lowest BCUT2D eigenvalue weighted by molar-refractivity contribution is -0.895. The van der Waals surface area contributed by atoms with Gasteiger partial charge in [0.2, 0.25) is 10.0 Å². The molecule has 0 radical (unpaired) electrons. The molecule has 1 amide bonds. The minimum Gasteiger partial charge on any atom is -0.465 e. The summed E-state index contributed by atoms with van der Waals surface area (Å²) in [6, 6.07) is 5.99. The first-order chi connectivity index (χ1) is 15.8. The number of thiophene rings is 1. The first kappa shape index (κ1) is 23.9. The topological polar surface area (TPSA) is 97.2 Å². The first-order valence-corrected chi connectivity index (χ1v) is 13.5. The van der Waals surface area contributed by atoms with Gasteiger partial charge in [0.1, 0.15) is 11.5 Å². The van der Waals surface area contributed by atoms with Crippen LogP contribution in [-0.2, 0) is 27.7 Å². The predicted molar refractivity (Wildman–Crippen MR) is 126 cm³/mol. The number of amides is 1. The number of hydrogen-bond acceptors (Lipinski definition) is 6. The van der Waals surface area contributed by atoms with E-state index in [2.05, 4.69) is 12.4 Å². The van der Waals surface area contributed by atoms with E-state index in [9.17, 15) is 18.0 Å². The number of anilines is 1. The number of ether oxygens (including phenoxy) is 1. The fraction of sp³-hybridized carbons (Fsp3) is 0.478. The van der Waals surface area contributed by atoms with Gasteiger partial charge in [-0.15, -0.1) is 11.3 Å². The van der Waals surface area contributed by atoms with Crippen LogP contribution in [0, 0.1) is 0 Å². The molecule has 4 rings (SSSR count). The molecule has 0 saturated carbocycles. The molecular formula is C23H30N3O5S2+. The third-order valence-corrected chi connectivity index (χ3v) is 9.35. The molecule has 1 saturated heterocycles. The Hall–Kier alpha value is -2.27.